The Bertz CT molecular complexity index is 393. The van der Waals surface area contributed by atoms with E-state index in [-0.39, 0.29) is 6.42 Å². The van der Waals surface area contributed by atoms with E-state index in [2.05, 4.69) is 0 Å². The minimum atomic E-state index is -0.403. The number of carbonyl (C=O) groups is 1. The molecule has 94 valence electrons. The normalized spacial score (nSPS) is 15.7. The van der Waals surface area contributed by atoms with Crippen LogP contribution >= 0.6 is 0 Å². The topological polar surface area (TPSA) is 70.8 Å². The molecule has 17 heavy (non-hydrogen) atoms. The Labute approximate surface area is 101 Å². The van der Waals surface area contributed by atoms with Crippen LogP contribution in [0.4, 0.5) is 0 Å². The Hall–Kier alpha value is -1.91. The average molecular weight is 239 g/mol. The fourth-order valence-corrected chi connectivity index (χ4v) is 1.57. The van der Waals surface area contributed by atoms with Crippen molar-refractivity contribution in [2.45, 2.75) is 12.8 Å². The summed E-state index contributed by atoms with van der Waals surface area (Å²) in [5.41, 5.74) is 5.91. The van der Waals surface area contributed by atoms with Gasteiger partial charge in [-0.1, -0.05) is 0 Å². The van der Waals surface area contributed by atoms with Gasteiger partial charge in [-0.05, 0) is 17.7 Å². The van der Waals surface area contributed by atoms with Crippen LogP contribution in [0.25, 0.3) is 0 Å². The van der Waals surface area contributed by atoms with Gasteiger partial charge in [-0.25, -0.2) is 0 Å². The van der Waals surface area contributed by atoms with Crippen LogP contribution in [0, 0.1) is 0 Å². The molecule has 0 radical (unpaired) electrons. The second kappa shape index (κ2) is 5.98. The number of rotatable bonds is 5. The van der Waals surface area contributed by atoms with E-state index in [0.717, 1.165) is 5.57 Å². The van der Waals surface area contributed by atoms with Crippen molar-refractivity contribution in [2.75, 3.05) is 21.3 Å². The molecule has 2 N–H and O–H groups in total. The second-order valence-electron chi connectivity index (χ2n) is 3.55. The highest BCUT2D eigenvalue weighted by Gasteiger charge is 2.15. The van der Waals surface area contributed by atoms with E-state index >= 15 is 0 Å². The van der Waals surface area contributed by atoms with Crippen LogP contribution in [0.5, 0.6) is 0 Å². The first-order valence-corrected chi connectivity index (χ1v) is 5.15. The third-order valence-corrected chi connectivity index (χ3v) is 2.38. The number of hydrogen-bond acceptors (Lipinski definition) is 4. The minimum absolute atomic E-state index is 0.136. The van der Waals surface area contributed by atoms with E-state index in [0.29, 0.717) is 23.7 Å². The predicted molar refractivity (Wildman–Crippen MR) is 62.6 cm³/mol. The Morgan fingerprint density at radius 3 is 2.41 bits per heavy atom. The molecule has 0 aliphatic heterocycles. The van der Waals surface area contributed by atoms with Crippen molar-refractivity contribution in [1.82, 2.24) is 0 Å². The number of ether oxygens (including phenoxy) is 3. The van der Waals surface area contributed by atoms with Crippen LogP contribution < -0.4 is 5.73 Å². The molecule has 1 aliphatic rings. The van der Waals surface area contributed by atoms with Gasteiger partial charge < -0.3 is 19.9 Å². The van der Waals surface area contributed by atoms with Gasteiger partial charge in [0, 0.05) is 0 Å². The predicted octanol–water partition coefficient (Wildman–Crippen LogP) is 1.23. The number of amides is 1. The number of carbonyl (C=O) groups excluding carboxylic acids is 1. The summed E-state index contributed by atoms with van der Waals surface area (Å²) in [7, 11) is 4.68. The molecule has 0 aromatic rings. The largest absolute Gasteiger partial charge is 0.501 e. The van der Waals surface area contributed by atoms with E-state index in [9.17, 15) is 4.79 Å². The summed E-state index contributed by atoms with van der Waals surface area (Å²) in [4.78, 5) is 10.9. The van der Waals surface area contributed by atoms with Gasteiger partial charge in [-0.2, -0.15) is 0 Å². The maximum absolute atomic E-state index is 10.9. The first-order valence-electron chi connectivity index (χ1n) is 5.15. The molecular formula is C12H17NO4. The molecule has 1 rings (SSSR count). The van der Waals surface area contributed by atoms with E-state index < -0.39 is 5.91 Å². The fourth-order valence-electron chi connectivity index (χ4n) is 1.57. The molecule has 0 aromatic heterocycles. The van der Waals surface area contributed by atoms with Crippen molar-refractivity contribution in [3.63, 3.8) is 0 Å². The summed E-state index contributed by atoms with van der Waals surface area (Å²) in [5, 5.41) is 0. The highest BCUT2D eigenvalue weighted by atomic mass is 16.5. The molecule has 0 bridgehead atoms. The van der Waals surface area contributed by atoms with Crippen LogP contribution in [-0.2, 0) is 19.0 Å². The number of methoxy groups -OCH3 is 3. The molecule has 1 aliphatic carbocycles. The maximum Gasteiger partial charge on any atom is 0.221 e. The Morgan fingerprint density at radius 1 is 1.24 bits per heavy atom. The fraction of sp³-hybridized carbons (Fsp3) is 0.417. The first-order chi connectivity index (χ1) is 8.10. The lowest BCUT2D eigenvalue weighted by Crippen LogP contribution is -2.10. The molecule has 5 nitrogen and oxygen atoms in total. The van der Waals surface area contributed by atoms with Gasteiger partial charge >= 0.3 is 0 Å². The monoisotopic (exact) mass is 239 g/mol. The average Bonchev–Trinajstić information content (AvgIpc) is 2.46. The summed E-state index contributed by atoms with van der Waals surface area (Å²) in [6.07, 6.45) is 4.12. The van der Waals surface area contributed by atoms with Crippen molar-refractivity contribution in [1.29, 1.82) is 0 Å². The zero-order valence-electron chi connectivity index (χ0n) is 10.3. The quantitative estimate of drug-likeness (QED) is 0.783. The first kappa shape index (κ1) is 13.2. The molecule has 0 saturated carbocycles. The van der Waals surface area contributed by atoms with Crippen molar-refractivity contribution >= 4 is 5.91 Å². The van der Waals surface area contributed by atoms with Crippen LogP contribution in [-0.4, -0.2) is 27.2 Å². The summed E-state index contributed by atoms with van der Waals surface area (Å²) < 4.78 is 15.7. The molecular weight excluding hydrogens is 222 g/mol. The molecule has 0 unspecified atom stereocenters. The van der Waals surface area contributed by atoms with Gasteiger partial charge in [-0.3, -0.25) is 4.79 Å². The summed E-state index contributed by atoms with van der Waals surface area (Å²) >= 11 is 0. The van der Waals surface area contributed by atoms with Gasteiger partial charge in [0.15, 0.2) is 5.76 Å². The number of allylic oxidation sites excluding steroid dienone is 2. The van der Waals surface area contributed by atoms with E-state index in [4.69, 9.17) is 19.9 Å². The van der Waals surface area contributed by atoms with Crippen molar-refractivity contribution in [2.24, 2.45) is 5.73 Å². The van der Waals surface area contributed by atoms with Crippen LogP contribution in [0.1, 0.15) is 12.8 Å². The van der Waals surface area contributed by atoms with E-state index in [1.54, 1.807) is 33.5 Å². The van der Waals surface area contributed by atoms with Gasteiger partial charge in [0.25, 0.3) is 0 Å². The van der Waals surface area contributed by atoms with Crippen LogP contribution in [0.2, 0.25) is 0 Å². The highest BCUT2D eigenvalue weighted by molar-refractivity contribution is 5.77. The Kier molecular flexibility index (Phi) is 4.63. The minimum Gasteiger partial charge on any atom is -0.501 e. The molecule has 5 heteroatoms. The van der Waals surface area contributed by atoms with Crippen LogP contribution in [0.3, 0.4) is 0 Å². The zero-order chi connectivity index (χ0) is 12.8. The molecule has 0 saturated heterocycles. The standard InChI is InChI=1S/C12H17NO4/c1-15-9-4-8(6-12(13)14)5-10(16-2)11(7-9)17-3/h4-5H,6-7H2,1-3H3,(H2,13,14). The van der Waals surface area contributed by atoms with Crippen molar-refractivity contribution in [3.8, 4) is 0 Å². The summed E-state index contributed by atoms with van der Waals surface area (Å²) in [6, 6.07) is 0. The number of nitrogens with two attached hydrogens (primary N) is 1. The van der Waals surface area contributed by atoms with Crippen molar-refractivity contribution in [3.05, 3.63) is 35.0 Å². The lowest BCUT2D eigenvalue weighted by Gasteiger charge is -2.10. The number of primary amides is 1. The lowest BCUT2D eigenvalue weighted by molar-refractivity contribution is -0.117. The van der Waals surface area contributed by atoms with Gasteiger partial charge in [-0.15, -0.1) is 0 Å². The smallest absolute Gasteiger partial charge is 0.221 e. The summed E-state index contributed by atoms with van der Waals surface area (Å²) in [6.45, 7) is 0. The Morgan fingerprint density at radius 2 is 1.94 bits per heavy atom. The van der Waals surface area contributed by atoms with E-state index in [1.165, 1.54) is 0 Å². The lowest BCUT2D eigenvalue weighted by atomic mass is 10.1. The summed E-state index contributed by atoms with van der Waals surface area (Å²) in [5.74, 6) is 1.52. The Balaban J connectivity index is 3.11. The van der Waals surface area contributed by atoms with E-state index in [1.807, 2.05) is 0 Å². The molecule has 0 fully saturated rings. The molecule has 0 atom stereocenters. The van der Waals surface area contributed by atoms with Gasteiger partial charge in [0.2, 0.25) is 5.91 Å². The van der Waals surface area contributed by atoms with Crippen LogP contribution in [0.15, 0.2) is 35.0 Å². The van der Waals surface area contributed by atoms with Crippen molar-refractivity contribution < 1.29 is 19.0 Å². The molecule has 0 spiro atoms. The molecule has 0 heterocycles. The highest BCUT2D eigenvalue weighted by Crippen LogP contribution is 2.25. The molecule has 1 amide bonds. The third kappa shape index (κ3) is 3.55. The maximum atomic E-state index is 10.9. The van der Waals surface area contributed by atoms with Gasteiger partial charge in [0.1, 0.15) is 11.5 Å². The second-order valence-corrected chi connectivity index (χ2v) is 3.55. The van der Waals surface area contributed by atoms with Gasteiger partial charge in [0.05, 0.1) is 34.2 Å². The third-order valence-electron chi connectivity index (χ3n) is 2.38. The molecule has 0 aromatic carbocycles. The zero-order valence-corrected chi connectivity index (χ0v) is 10.3. The number of hydrogen-bond donors (Lipinski definition) is 1. The SMILES string of the molecule is COC1=CC(CC(N)=O)=CC(OC)=C(OC)C1.